The van der Waals surface area contributed by atoms with E-state index in [0.717, 1.165) is 22.9 Å². The third kappa shape index (κ3) is 6.29. The molecular weight excluding hydrogens is 486 g/mol. The molecule has 0 radical (unpaired) electrons. The molecule has 2 bridgehead atoms. The number of hydrogen-bond acceptors (Lipinski definition) is 7. The number of fused-ring (bicyclic) bond motifs is 2. The number of carbonyl (C=O) groups is 3. The van der Waals surface area contributed by atoms with Crippen LogP contribution in [0.3, 0.4) is 0 Å². The summed E-state index contributed by atoms with van der Waals surface area (Å²) in [6.07, 6.45) is 3.29. The molecule has 5 rings (SSSR count). The van der Waals surface area contributed by atoms with Gasteiger partial charge >= 0.3 is 11.9 Å². The van der Waals surface area contributed by atoms with E-state index in [1.54, 1.807) is 6.20 Å². The zero-order chi connectivity index (χ0) is 26.6. The van der Waals surface area contributed by atoms with Gasteiger partial charge < -0.3 is 14.2 Å². The second-order valence-electron chi connectivity index (χ2n) is 11.2. The smallest absolute Gasteiger partial charge is 0.310 e. The van der Waals surface area contributed by atoms with E-state index < -0.39 is 43.7 Å². The maximum absolute atomic E-state index is 13.4. The zero-order valence-electron chi connectivity index (χ0n) is 22.2. The van der Waals surface area contributed by atoms with E-state index >= 15 is 0 Å². The minimum Gasteiger partial charge on any atom is -0.493 e. The van der Waals surface area contributed by atoms with Crippen LogP contribution in [0.1, 0.15) is 48.4 Å². The van der Waals surface area contributed by atoms with Gasteiger partial charge in [-0.15, -0.1) is 0 Å². The maximum Gasteiger partial charge on any atom is 0.310 e. The number of hydrogen-bond donors (Lipinski definition) is 0. The van der Waals surface area contributed by atoms with E-state index in [0.29, 0.717) is 31.8 Å². The summed E-state index contributed by atoms with van der Waals surface area (Å²) in [6.45, 7) is 9.60. The van der Waals surface area contributed by atoms with Gasteiger partial charge in [0.1, 0.15) is 11.5 Å². The van der Waals surface area contributed by atoms with Crippen molar-refractivity contribution in [3.8, 4) is 5.75 Å². The molecule has 0 aliphatic heterocycles. The molecule has 1 aromatic heterocycles. The van der Waals surface area contributed by atoms with Gasteiger partial charge in [0.2, 0.25) is 0 Å². The Morgan fingerprint density at radius 3 is 2.43 bits per heavy atom. The third-order valence-corrected chi connectivity index (χ3v) is 8.89. The topological polar surface area (TPSA) is 91.8 Å². The average Bonchev–Trinajstić information content (AvgIpc) is 2.86. The normalized spacial score (nSPS) is 22.3. The molecule has 0 amide bonds. The van der Waals surface area contributed by atoms with Crippen molar-refractivity contribution in [1.29, 1.82) is 0 Å². The first kappa shape index (κ1) is 27.0. The van der Waals surface area contributed by atoms with E-state index in [2.05, 4.69) is 24.6 Å². The fourth-order valence-corrected chi connectivity index (χ4v) is 6.03. The summed E-state index contributed by atoms with van der Waals surface area (Å²) in [7, 11) is -1.40. The van der Waals surface area contributed by atoms with Crippen molar-refractivity contribution < 1.29 is 28.6 Å². The summed E-state index contributed by atoms with van der Waals surface area (Å²) >= 11 is 0. The summed E-state index contributed by atoms with van der Waals surface area (Å²) in [4.78, 5) is 44.2. The second-order valence-corrected chi connectivity index (χ2v) is 16.8. The lowest BCUT2D eigenvalue weighted by atomic mass is 9.55. The van der Waals surface area contributed by atoms with Crippen LogP contribution in [0.4, 0.5) is 0 Å². The Kier molecular flexibility index (Phi) is 8.47. The molecule has 8 heteroatoms. The molecular formula is C29H37NO6Si. The summed E-state index contributed by atoms with van der Waals surface area (Å²) in [5.41, 5.74) is 2.62. The average molecular weight is 524 g/mol. The Hall–Kier alpha value is -3.00. The number of Topliss-reactive ketones (excluding diaryl/α,β-unsaturated/α-hetero) is 1. The monoisotopic (exact) mass is 523 g/mol. The van der Waals surface area contributed by atoms with Crippen molar-refractivity contribution in [2.75, 3.05) is 19.8 Å². The number of pyridine rings is 1. The van der Waals surface area contributed by atoms with Crippen LogP contribution in [-0.4, -0.2) is 50.6 Å². The number of esters is 2. The Labute approximate surface area is 219 Å². The molecule has 1 saturated carbocycles. The highest BCUT2D eigenvalue weighted by Gasteiger charge is 2.57. The highest BCUT2D eigenvalue weighted by Crippen LogP contribution is 2.55. The van der Waals surface area contributed by atoms with E-state index in [4.69, 9.17) is 14.2 Å². The molecule has 37 heavy (non-hydrogen) atoms. The standard InChI is InChI=1S/C29H37NO6Si/c1-5-13-35-29(33)27-25-22-17-20(34-14-11-19-8-6-7-12-30-19)9-10-21(22)23(18-24(25)31)26(27)28(32)36-15-16-37(2,3)4/h6-10,12,17,23,25-27H,5,11,13-16,18H2,1-4H3. The van der Waals surface area contributed by atoms with Crippen LogP contribution in [0.25, 0.3) is 0 Å². The predicted molar refractivity (Wildman–Crippen MR) is 142 cm³/mol. The van der Waals surface area contributed by atoms with Gasteiger partial charge in [0.05, 0.1) is 37.6 Å². The molecule has 3 aliphatic rings. The SMILES string of the molecule is CCCOC(=O)C1C2C(=O)CC(c3ccc(OCCc4ccccn4)cc32)C1C(=O)OCC[Si](C)(C)C. The van der Waals surface area contributed by atoms with Crippen molar-refractivity contribution in [2.45, 2.75) is 63.7 Å². The highest BCUT2D eigenvalue weighted by molar-refractivity contribution is 6.76. The lowest BCUT2D eigenvalue weighted by Gasteiger charge is -2.46. The van der Waals surface area contributed by atoms with Crippen LogP contribution in [0, 0.1) is 11.8 Å². The number of ketones is 1. The Morgan fingerprint density at radius 1 is 0.973 bits per heavy atom. The van der Waals surface area contributed by atoms with Crippen molar-refractivity contribution >= 4 is 25.8 Å². The molecule has 198 valence electrons. The van der Waals surface area contributed by atoms with Crippen molar-refractivity contribution in [3.63, 3.8) is 0 Å². The molecule has 1 aromatic carbocycles. The molecule has 2 aromatic rings. The largest absolute Gasteiger partial charge is 0.493 e. The van der Waals surface area contributed by atoms with Crippen molar-refractivity contribution in [3.05, 3.63) is 59.4 Å². The fourth-order valence-electron chi connectivity index (χ4n) is 5.31. The van der Waals surface area contributed by atoms with E-state index in [1.165, 1.54) is 0 Å². The van der Waals surface area contributed by atoms with Crippen LogP contribution in [0.15, 0.2) is 42.6 Å². The first-order chi connectivity index (χ1) is 17.7. The van der Waals surface area contributed by atoms with E-state index in [-0.39, 0.29) is 18.8 Å². The van der Waals surface area contributed by atoms with Crippen LogP contribution in [0.2, 0.25) is 25.7 Å². The molecule has 0 saturated heterocycles. The van der Waals surface area contributed by atoms with Crippen molar-refractivity contribution in [1.82, 2.24) is 4.98 Å². The zero-order valence-corrected chi connectivity index (χ0v) is 23.2. The van der Waals surface area contributed by atoms with E-state index in [9.17, 15) is 14.4 Å². The number of carbonyl (C=O) groups excluding carboxylic acids is 3. The van der Waals surface area contributed by atoms with E-state index in [1.807, 2.05) is 43.3 Å². The number of benzene rings is 1. The van der Waals surface area contributed by atoms with Gasteiger partial charge in [-0.3, -0.25) is 19.4 Å². The number of nitrogens with zero attached hydrogens (tertiary/aromatic N) is 1. The first-order valence-electron chi connectivity index (χ1n) is 13.2. The minimum absolute atomic E-state index is 0.0345. The summed E-state index contributed by atoms with van der Waals surface area (Å²) < 4.78 is 17.2. The van der Waals surface area contributed by atoms with Gasteiger partial charge in [-0.05, 0) is 47.9 Å². The van der Waals surface area contributed by atoms with Crippen LogP contribution in [0.5, 0.6) is 5.75 Å². The summed E-state index contributed by atoms with van der Waals surface area (Å²) in [6, 6.07) is 12.3. The number of aromatic nitrogens is 1. The molecule has 1 heterocycles. The Bertz CT molecular complexity index is 1130. The number of rotatable bonds is 11. The van der Waals surface area contributed by atoms with Gasteiger partial charge in [-0.25, -0.2) is 0 Å². The lowest BCUT2D eigenvalue weighted by Crippen LogP contribution is -2.50. The molecule has 1 fully saturated rings. The molecule has 3 aliphatic carbocycles. The highest BCUT2D eigenvalue weighted by atomic mass is 28.3. The predicted octanol–water partition coefficient (Wildman–Crippen LogP) is 4.92. The quantitative estimate of drug-likeness (QED) is 0.305. The van der Waals surface area contributed by atoms with Crippen LogP contribution >= 0.6 is 0 Å². The Morgan fingerprint density at radius 2 is 1.73 bits per heavy atom. The van der Waals surface area contributed by atoms with Crippen molar-refractivity contribution in [2.24, 2.45) is 11.8 Å². The summed E-state index contributed by atoms with van der Waals surface area (Å²) in [5.74, 6) is -3.06. The second kappa shape index (κ2) is 11.6. The lowest BCUT2D eigenvalue weighted by molar-refractivity contribution is -0.167. The minimum atomic E-state index is -1.40. The Balaban J connectivity index is 1.58. The maximum atomic E-state index is 13.4. The van der Waals surface area contributed by atoms with Gasteiger partial charge in [-0.1, -0.05) is 38.7 Å². The van der Waals surface area contributed by atoms with Crippen LogP contribution < -0.4 is 4.74 Å². The molecule has 4 atom stereocenters. The number of ether oxygens (including phenoxy) is 3. The van der Waals surface area contributed by atoms with Gasteiger partial charge in [0.25, 0.3) is 0 Å². The van der Waals surface area contributed by atoms with Crippen LogP contribution in [-0.2, 0) is 30.3 Å². The molecule has 4 unspecified atom stereocenters. The molecule has 7 nitrogen and oxygen atoms in total. The third-order valence-electron chi connectivity index (χ3n) is 7.18. The van der Waals surface area contributed by atoms with Gasteiger partial charge in [0, 0.05) is 38.7 Å². The molecule has 0 N–H and O–H groups in total. The van der Waals surface area contributed by atoms with Gasteiger partial charge in [0.15, 0.2) is 0 Å². The first-order valence-corrected chi connectivity index (χ1v) is 16.9. The molecule has 0 spiro atoms. The summed E-state index contributed by atoms with van der Waals surface area (Å²) in [5, 5.41) is 0. The van der Waals surface area contributed by atoms with Gasteiger partial charge in [-0.2, -0.15) is 0 Å². The fraction of sp³-hybridized carbons (Fsp3) is 0.517.